The first kappa shape index (κ1) is 13.5. The van der Waals surface area contributed by atoms with Crippen molar-refractivity contribution in [2.24, 2.45) is 5.41 Å². The second-order valence-corrected chi connectivity index (χ2v) is 7.52. The summed E-state index contributed by atoms with van der Waals surface area (Å²) in [6.07, 6.45) is 5.12. The van der Waals surface area contributed by atoms with E-state index in [2.05, 4.69) is 29.1 Å². The van der Waals surface area contributed by atoms with Gasteiger partial charge in [0.2, 0.25) is 0 Å². The highest BCUT2D eigenvalue weighted by Gasteiger charge is 2.41. The largest absolute Gasteiger partial charge is 0.375 e. The average molecular weight is 280 g/mol. The van der Waals surface area contributed by atoms with E-state index in [9.17, 15) is 0 Å². The average Bonchev–Trinajstić information content (AvgIpc) is 2.89. The van der Waals surface area contributed by atoms with E-state index >= 15 is 0 Å². The first-order valence-electron chi connectivity index (χ1n) is 7.30. The molecule has 4 heteroatoms. The number of thiazole rings is 1. The van der Waals surface area contributed by atoms with Crippen molar-refractivity contribution in [2.75, 3.05) is 19.7 Å². The molecule has 2 saturated heterocycles. The number of nitrogens with zero attached hydrogens (tertiary/aromatic N) is 2. The maximum Gasteiger partial charge on any atom is 0.0795 e. The number of hydrogen-bond acceptors (Lipinski definition) is 4. The lowest BCUT2D eigenvalue weighted by atomic mass is 9.72. The molecule has 2 fully saturated rings. The molecule has 0 atom stereocenters. The Kier molecular flexibility index (Phi) is 3.67. The van der Waals surface area contributed by atoms with E-state index in [1.807, 2.05) is 5.51 Å². The minimum atomic E-state index is 0.100. The summed E-state index contributed by atoms with van der Waals surface area (Å²) in [5.41, 5.74) is 3.72. The molecular weight excluding hydrogens is 256 g/mol. The molecule has 3 rings (SSSR count). The zero-order valence-corrected chi connectivity index (χ0v) is 12.8. The minimum absolute atomic E-state index is 0.100. The van der Waals surface area contributed by atoms with E-state index in [-0.39, 0.29) is 5.60 Å². The van der Waals surface area contributed by atoms with Gasteiger partial charge in [0.25, 0.3) is 0 Å². The standard InChI is InChI=1S/C15H24N2OS/c1-14(2)3-4-15(11-18-14)5-7-17(8-6-15)9-13-10-19-12-16-13/h10,12H,3-9,11H2,1-2H3. The first-order chi connectivity index (χ1) is 9.07. The number of likely N-dealkylation sites (tertiary alicyclic amines) is 1. The molecule has 0 unspecified atom stereocenters. The van der Waals surface area contributed by atoms with Crippen LogP contribution < -0.4 is 0 Å². The van der Waals surface area contributed by atoms with Crippen LogP contribution in [0.15, 0.2) is 10.9 Å². The van der Waals surface area contributed by atoms with E-state index in [0.29, 0.717) is 5.41 Å². The van der Waals surface area contributed by atoms with Gasteiger partial charge in [0.05, 0.1) is 23.4 Å². The third kappa shape index (κ3) is 3.18. The van der Waals surface area contributed by atoms with Crippen LogP contribution in [0.25, 0.3) is 0 Å². The predicted molar refractivity (Wildman–Crippen MR) is 78.3 cm³/mol. The number of aromatic nitrogens is 1. The topological polar surface area (TPSA) is 25.4 Å². The van der Waals surface area contributed by atoms with E-state index in [0.717, 1.165) is 13.2 Å². The second-order valence-electron chi connectivity index (χ2n) is 6.80. The zero-order chi connectivity index (χ0) is 13.3. The van der Waals surface area contributed by atoms with Crippen LogP contribution in [0.1, 0.15) is 45.2 Å². The van der Waals surface area contributed by atoms with Crippen molar-refractivity contribution >= 4 is 11.3 Å². The lowest BCUT2D eigenvalue weighted by Crippen LogP contribution is -2.47. The van der Waals surface area contributed by atoms with Gasteiger partial charge >= 0.3 is 0 Å². The van der Waals surface area contributed by atoms with E-state index < -0.39 is 0 Å². The Morgan fingerprint density at radius 2 is 2.05 bits per heavy atom. The monoisotopic (exact) mass is 280 g/mol. The van der Waals surface area contributed by atoms with Gasteiger partial charge in [0, 0.05) is 11.9 Å². The van der Waals surface area contributed by atoms with Gasteiger partial charge in [-0.1, -0.05) is 0 Å². The highest BCUT2D eigenvalue weighted by molar-refractivity contribution is 7.07. The van der Waals surface area contributed by atoms with Crippen molar-refractivity contribution in [3.05, 3.63) is 16.6 Å². The van der Waals surface area contributed by atoms with Crippen LogP contribution in [0.4, 0.5) is 0 Å². The van der Waals surface area contributed by atoms with Crippen LogP contribution >= 0.6 is 11.3 Å². The summed E-state index contributed by atoms with van der Waals surface area (Å²) in [6.45, 7) is 8.81. The van der Waals surface area contributed by atoms with Crippen molar-refractivity contribution in [1.29, 1.82) is 0 Å². The van der Waals surface area contributed by atoms with Gasteiger partial charge in [-0.05, 0) is 58.0 Å². The third-order valence-electron chi connectivity index (χ3n) is 4.81. The summed E-state index contributed by atoms with van der Waals surface area (Å²) in [4.78, 5) is 6.93. The van der Waals surface area contributed by atoms with Gasteiger partial charge in [-0.25, -0.2) is 4.98 Å². The number of piperidine rings is 1. The van der Waals surface area contributed by atoms with Crippen molar-refractivity contribution < 1.29 is 4.74 Å². The molecular formula is C15H24N2OS. The van der Waals surface area contributed by atoms with E-state index in [1.54, 1.807) is 11.3 Å². The van der Waals surface area contributed by atoms with Gasteiger partial charge in [0.15, 0.2) is 0 Å². The lowest BCUT2D eigenvalue weighted by molar-refractivity contribution is -0.129. The molecule has 2 aliphatic heterocycles. The van der Waals surface area contributed by atoms with Crippen LogP contribution in [-0.4, -0.2) is 35.2 Å². The summed E-state index contributed by atoms with van der Waals surface area (Å²) in [6, 6.07) is 0. The summed E-state index contributed by atoms with van der Waals surface area (Å²) in [5, 5.41) is 2.16. The second kappa shape index (κ2) is 5.15. The smallest absolute Gasteiger partial charge is 0.0795 e. The highest BCUT2D eigenvalue weighted by Crippen LogP contribution is 2.43. The molecule has 2 aliphatic rings. The fourth-order valence-electron chi connectivity index (χ4n) is 3.18. The van der Waals surface area contributed by atoms with Crippen LogP contribution in [-0.2, 0) is 11.3 Å². The first-order valence-corrected chi connectivity index (χ1v) is 8.25. The van der Waals surface area contributed by atoms with Gasteiger partial charge in [-0.3, -0.25) is 4.90 Å². The molecule has 0 radical (unpaired) electrons. The fraction of sp³-hybridized carbons (Fsp3) is 0.800. The Bertz CT molecular complexity index is 396. The Hall–Kier alpha value is -0.450. The Balaban J connectivity index is 1.52. The van der Waals surface area contributed by atoms with Crippen LogP contribution in [0, 0.1) is 5.41 Å². The third-order valence-corrected chi connectivity index (χ3v) is 5.45. The Morgan fingerprint density at radius 1 is 1.26 bits per heavy atom. The zero-order valence-electron chi connectivity index (χ0n) is 12.0. The molecule has 3 nitrogen and oxygen atoms in total. The summed E-state index contributed by atoms with van der Waals surface area (Å²) in [5.74, 6) is 0. The SMILES string of the molecule is CC1(C)CCC2(CCN(Cc3cscn3)CC2)CO1. The molecule has 1 spiro atoms. The van der Waals surface area contributed by atoms with Crippen LogP contribution in [0.5, 0.6) is 0 Å². The molecule has 0 aliphatic carbocycles. The molecule has 1 aromatic heterocycles. The number of hydrogen-bond donors (Lipinski definition) is 0. The maximum absolute atomic E-state index is 6.07. The number of ether oxygens (including phenoxy) is 1. The molecule has 1 aromatic rings. The summed E-state index contributed by atoms with van der Waals surface area (Å²) < 4.78 is 6.07. The Morgan fingerprint density at radius 3 is 2.63 bits per heavy atom. The maximum atomic E-state index is 6.07. The number of rotatable bonds is 2. The molecule has 3 heterocycles. The normalized spacial score (nSPS) is 26.6. The molecule has 0 bridgehead atoms. The fourth-order valence-corrected chi connectivity index (χ4v) is 3.73. The van der Waals surface area contributed by atoms with Crippen molar-refractivity contribution in [3.63, 3.8) is 0 Å². The van der Waals surface area contributed by atoms with Crippen LogP contribution in [0.3, 0.4) is 0 Å². The minimum Gasteiger partial charge on any atom is -0.375 e. The molecule has 106 valence electrons. The van der Waals surface area contributed by atoms with Gasteiger partial charge < -0.3 is 4.74 Å². The molecule has 19 heavy (non-hydrogen) atoms. The lowest BCUT2D eigenvalue weighted by Gasteiger charge is -2.48. The highest BCUT2D eigenvalue weighted by atomic mass is 32.1. The van der Waals surface area contributed by atoms with Crippen molar-refractivity contribution in [3.8, 4) is 0 Å². The predicted octanol–water partition coefficient (Wildman–Crippen LogP) is 3.31. The Labute approximate surface area is 120 Å². The van der Waals surface area contributed by atoms with Crippen LogP contribution in [0.2, 0.25) is 0 Å². The molecule has 0 saturated carbocycles. The van der Waals surface area contributed by atoms with E-state index in [4.69, 9.17) is 4.74 Å². The molecule has 0 N–H and O–H groups in total. The van der Waals surface area contributed by atoms with Gasteiger partial charge in [-0.2, -0.15) is 0 Å². The molecule has 0 amide bonds. The van der Waals surface area contributed by atoms with Crippen molar-refractivity contribution in [2.45, 2.75) is 51.7 Å². The summed E-state index contributed by atoms with van der Waals surface area (Å²) >= 11 is 1.69. The molecule has 0 aromatic carbocycles. The van der Waals surface area contributed by atoms with E-state index in [1.165, 1.54) is 44.5 Å². The summed E-state index contributed by atoms with van der Waals surface area (Å²) in [7, 11) is 0. The van der Waals surface area contributed by atoms with Gasteiger partial charge in [0.1, 0.15) is 0 Å². The van der Waals surface area contributed by atoms with Crippen molar-refractivity contribution in [1.82, 2.24) is 9.88 Å². The quantitative estimate of drug-likeness (QED) is 0.831. The van der Waals surface area contributed by atoms with Gasteiger partial charge in [-0.15, -0.1) is 11.3 Å².